The Morgan fingerprint density at radius 3 is 2.81 bits per heavy atom. The first kappa shape index (κ1) is 19.8. The molecular weight excluding hydrogens is 335 g/mol. The number of para-hydroxylation sites is 1. The van der Waals surface area contributed by atoms with Crippen molar-refractivity contribution in [1.82, 2.24) is 15.4 Å². The molecule has 0 aliphatic rings. The maximum atomic E-state index is 13.6. The highest BCUT2D eigenvalue weighted by atomic mass is 19.1. The molecule has 0 radical (unpaired) electrons. The second-order valence-electron chi connectivity index (χ2n) is 6.24. The van der Waals surface area contributed by atoms with E-state index < -0.39 is 0 Å². The number of hydrogen-bond acceptors (Lipinski definition) is 4. The highest BCUT2D eigenvalue weighted by molar-refractivity contribution is 5.79. The minimum absolute atomic E-state index is 0.255. The van der Waals surface area contributed by atoms with E-state index in [-0.39, 0.29) is 11.6 Å². The van der Waals surface area contributed by atoms with Crippen molar-refractivity contribution in [2.45, 2.75) is 33.2 Å². The van der Waals surface area contributed by atoms with Crippen LogP contribution in [0.3, 0.4) is 0 Å². The number of halogens is 1. The predicted molar refractivity (Wildman–Crippen MR) is 99.9 cm³/mol. The summed E-state index contributed by atoms with van der Waals surface area (Å²) in [6.07, 6.45) is 0. The Morgan fingerprint density at radius 2 is 2.15 bits per heavy atom. The van der Waals surface area contributed by atoms with E-state index >= 15 is 0 Å². The third kappa shape index (κ3) is 5.75. The van der Waals surface area contributed by atoms with Gasteiger partial charge in [0.05, 0.1) is 12.2 Å². The zero-order valence-corrected chi connectivity index (χ0v) is 15.8. The van der Waals surface area contributed by atoms with Crippen LogP contribution < -0.4 is 10.1 Å². The molecule has 0 spiro atoms. The van der Waals surface area contributed by atoms with Crippen molar-refractivity contribution in [3.8, 4) is 5.75 Å². The number of aromatic nitrogens is 1. The topological polar surface area (TPSA) is 62.9 Å². The molecule has 7 heteroatoms. The molecule has 0 saturated carbocycles. The lowest BCUT2D eigenvalue weighted by Crippen LogP contribution is -2.40. The fraction of sp³-hybridized carbons (Fsp3) is 0.474. The van der Waals surface area contributed by atoms with E-state index in [1.165, 1.54) is 6.07 Å². The summed E-state index contributed by atoms with van der Waals surface area (Å²) in [6.45, 7) is 8.20. The molecule has 26 heavy (non-hydrogen) atoms. The van der Waals surface area contributed by atoms with Crippen LogP contribution in [0.15, 0.2) is 39.8 Å². The summed E-state index contributed by atoms with van der Waals surface area (Å²) >= 11 is 0. The Balaban J connectivity index is 1.90. The highest BCUT2D eigenvalue weighted by Crippen LogP contribution is 2.16. The van der Waals surface area contributed by atoms with Crippen LogP contribution >= 0.6 is 0 Å². The van der Waals surface area contributed by atoms with Crippen LogP contribution in [0.1, 0.15) is 38.1 Å². The van der Waals surface area contributed by atoms with Crippen LogP contribution in [-0.4, -0.2) is 42.8 Å². The van der Waals surface area contributed by atoms with Gasteiger partial charge >= 0.3 is 0 Å². The van der Waals surface area contributed by atoms with Crippen molar-refractivity contribution in [1.29, 1.82) is 0 Å². The lowest BCUT2D eigenvalue weighted by molar-refractivity contribution is 0.270. The lowest BCUT2D eigenvalue weighted by atomic mass is 10.1. The number of aliphatic imine (C=N–C) groups is 1. The molecule has 1 aromatic carbocycles. The van der Waals surface area contributed by atoms with E-state index in [0.717, 1.165) is 24.0 Å². The number of nitrogens with zero attached hydrogens (tertiary/aromatic N) is 3. The van der Waals surface area contributed by atoms with Crippen LogP contribution in [0.25, 0.3) is 0 Å². The Labute approximate surface area is 154 Å². The van der Waals surface area contributed by atoms with E-state index in [1.807, 2.05) is 24.9 Å². The number of ether oxygens (including phenoxy) is 1. The molecule has 0 amide bonds. The van der Waals surface area contributed by atoms with Crippen molar-refractivity contribution in [3.05, 3.63) is 47.6 Å². The van der Waals surface area contributed by atoms with Gasteiger partial charge in [0.15, 0.2) is 23.3 Å². The first-order valence-electron chi connectivity index (χ1n) is 8.83. The van der Waals surface area contributed by atoms with Gasteiger partial charge in [-0.25, -0.2) is 9.38 Å². The number of rotatable bonds is 8. The SMILES string of the molecule is CCNC(=NCc1cc(C(C)C)no1)N(C)CCOc1ccccc1F. The Bertz CT molecular complexity index is 715. The molecule has 1 N–H and O–H groups in total. The second kappa shape index (κ2) is 9.79. The number of nitrogens with one attached hydrogen (secondary N) is 1. The largest absolute Gasteiger partial charge is 0.489 e. The number of benzene rings is 1. The summed E-state index contributed by atoms with van der Waals surface area (Å²) in [5, 5.41) is 7.27. The van der Waals surface area contributed by atoms with Gasteiger partial charge in [-0.3, -0.25) is 0 Å². The lowest BCUT2D eigenvalue weighted by Gasteiger charge is -2.22. The molecule has 0 bridgehead atoms. The number of hydrogen-bond donors (Lipinski definition) is 1. The smallest absolute Gasteiger partial charge is 0.194 e. The zero-order valence-electron chi connectivity index (χ0n) is 15.8. The highest BCUT2D eigenvalue weighted by Gasteiger charge is 2.10. The molecule has 0 aliphatic carbocycles. The molecule has 6 nitrogen and oxygen atoms in total. The van der Waals surface area contributed by atoms with E-state index in [4.69, 9.17) is 9.26 Å². The van der Waals surface area contributed by atoms with Gasteiger partial charge in [-0.1, -0.05) is 31.1 Å². The molecular formula is C19H27FN4O2. The van der Waals surface area contributed by atoms with E-state index in [9.17, 15) is 4.39 Å². The first-order chi connectivity index (χ1) is 12.5. The molecule has 0 unspecified atom stereocenters. The average molecular weight is 362 g/mol. The van der Waals surface area contributed by atoms with Crippen molar-refractivity contribution in [3.63, 3.8) is 0 Å². The van der Waals surface area contributed by atoms with Gasteiger partial charge in [0.1, 0.15) is 13.2 Å². The minimum Gasteiger partial charge on any atom is -0.489 e. The van der Waals surface area contributed by atoms with Gasteiger partial charge < -0.3 is 19.5 Å². The Hall–Kier alpha value is -2.57. The second-order valence-corrected chi connectivity index (χ2v) is 6.24. The fourth-order valence-corrected chi connectivity index (χ4v) is 2.26. The summed E-state index contributed by atoms with van der Waals surface area (Å²) in [5.74, 6) is 1.67. The van der Waals surface area contributed by atoms with Crippen LogP contribution in [0.5, 0.6) is 5.75 Å². The van der Waals surface area contributed by atoms with Gasteiger partial charge in [-0.2, -0.15) is 0 Å². The monoisotopic (exact) mass is 362 g/mol. The van der Waals surface area contributed by atoms with Gasteiger partial charge in [0.25, 0.3) is 0 Å². The van der Waals surface area contributed by atoms with E-state index in [1.54, 1.807) is 18.2 Å². The van der Waals surface area contributed by atoms with Crippen LogP contribution in [0.2, 0.25) is 0 Å². The molecule has 0 saturated heterocycles. The number of likely N-dealkylation sites (N-methyl/N-ethyl adjacent to an activating group) is 1. The predicted octanol–water partition coefficient (Wildman–Crippen LogP) is 3.41. The molecule has 2 aromatic rings. The fourth-order valence-electron chi connectivity index (χ4n) is 2.26. The zero-order chi connectivity index (χ0) is 18.9. The van der Waals surface area contributed by atoms with Gasteiger partial charge in [0.2, 0.25) is 0 Å². The summed E-state index contributed by atoms with van der Waals surface area (Å²) < 4.78 is 24.4. The normalized spacial score (nSPS) is 11.7. The first-order valence-corrected chi connectivity index (χ1v) is 8.83. The van der Waals surface area contributed by atoms with Crippen LogP contribution in [0, 0.1) is 5.82 Å². The quantitative estimate of drug-likeness (QED) is 0.576. The van der Waals surface area contributed by atoms with Gasteiger partial charge in [-0.15, -0.1) is 0 Å². The third-order valence-corrected chi connectivity index (χ3v) is 3.77. The van der Waals surface area contributed by atoms with Crippen molar-refractivity contribution in [2.24, 2.45) is 4.99 Å². The maximum Gasteiger partial charge on any atom is 0.194 e. The van der Waals surface area contributed by atoms with Crippen LogP contribution in [-0.2, 0) is 6.54 Å². The molecule has 1 aromatic heterocycles. The molecule has 0 fully saturated rings. The summed E-state index contributed by atoms with van der Waals surface area (Å²) in [7, 11) is 1.91. The summed E-state index contributed by atoms with van der Waals surface area (Å²) in [5.41, 5.74) is 0.923. The third-order valence-electron chi connectivity index (χ3n) is 3.77. The molecule has 1 heterocycles. The standard InChI is InChI=1S/C19H27FN4O2/c1-5-21-19(22-13-15-12-17(14(2)3)23-26-15)24(4)10-11-25-18-9-7-6-8-16(18)20/h6-9,12,14H,5,10-11,13H2,1-4H3,(H,21,22). The van der Waals surface area contributed by atoms with Gasteiger partial charge in [0, 0.05) is 19.7 Å². The van der Waals surface area contributed by atoms with Crippen LogP contribution in [0.4, 0.5) is 4.39 Å². The number of guanidine groups is 1. The van der Waals surface area contributed by atoms with Gasteiger partial charge in [-0.05, 0) is 25.0 Å². The van der Waals surface area contributed by atoms with E-state index in [2.05, 4.69) is 29.3 Å². The van der Waals surface area contributed by atoms with E-state index in [0.29, 0.717) is 25.6 Å². The van der Waals surface area contributed by atoms with Crippen molar-refractivity contribution >= 4 is 5.96 Å². The molecule has 2 rings (SSSR count). The molecule has 0 aliphatic heterocycles. The molecule has 0 atom stereocenters. The minimum atomic E-state index is -0.359. The summed E-state index contributed by atoms with van der Waals surface area (Å²) in [6, 6.07) is 8.31. The Kier molecular flexibility index (Phi) is 7.44. The van der Waals surface area contributed by atoms with Crippen molar-refractivity contribution < 1.29 is 13.7 Å². The summed E-state index contributed by atoms with van der Waals surface area (Å²) in [4.78, 5) is 6.50. The molecule has 142 valence electrons. The maximum absolute atomic E-state index is 13.6. The average Bonchev–Trinajstić information content (AvgIpc) is 3.09. The Morgan fingerprint density at radius 1 is 1.38 bits per heavy atom. The van der Waals surface area contributed by atoms with Crippen molar-refractivity contribution in [2.75, 3.05) is 26.7 Å².